The van der Waals surface area contributed by atoms with E-state index in [4.69, 9.17) is 11.6 Å². The smallest absolute Gasteiger partial charge is 0.343 e. The van der Waals surface area contributed by atoms with Gasteiger partial charge in [0.1, 0.15) is 0 Å². The maximum atomic E-state index is 12.3. The van der Waals surface area contributed by atoms with Crippen molar-refractivity contribution in [3.8, 4) is 0 Å². The van der Waals surface area contributed by atoms with Crippen LogP contribution < -0.4 is 4.90 Å². The lowest BCUT2D eigenvalue weighted by atomic mass is 10.3. The van der Waals surface area contributed by atoms with E-state index in [1.165, 1.54) is 0 Å². The fourth-order valence-electron chi connectivity index (χ4n) is 1.11. The summed E-state index contributed by atoms with van der Waals surface area (Å²) in [5, 5.41) is 0.253. The molecule has 1 aromatic rings. The molecule has 1 aromatic heterocycles. The maximum absolute atomic E-state index is 12.3. The van der Waals surface area contributed by atoms with Crippen molar-refractivity contribution in [2.45, 2.75) is 26.1 Å². The van der Waals surface area contributed by atoms with Crippen LogP contribution in [0.1, 0.15) is 19.7 Å². The highest BCUT2D eigenvalue weighted by molar-refractivity contribution is 7.09. The van der Waals surface area contributed by atoms with Gasteiger partial charge < -0.3 is 4.90 Å². The molecule has 0 saturated carbocycles. The average Bonchev–Trinajstić information content (AvgIpc) is 2.61. The van der Waals surface area contributed by atoms with Crippen molar-refractivity contribution >= 4 is 28.3 Å². The van der Waals surface area contributed by atoms with Crippen molar-refractivity contribution in [1.82, 2.24) is 9.36 Å². The van der Waals surface area contributed by atoms with E-state index in [0.29, 0.717) is 12.4 Å². The molecule has 1 heterocycles. The van der Waals surface area contributed by atoms with Gasteiger partial charge in [0, 0.05) is 30.0 Å². The Bertz CT molecular complexity index is 340. The summed E-state index contributed by atoms with van der Waals surface area (Å²) >= 11 is 6.32. The van der Waals surface area contributed by atoms with Crippen molar-refractivity contribution in [2.24, 2.45) is 0 Å². The number of aromatic nitrogens is 2. The molecule has 92 valence electrons. The van der Waals surface area contributed by atoms with Gasteiger partial charge >= 0.3 is 6.18 Å². The second-order valence-electron chi connectivity index (χ2n) is 3.37. The molecule has 0 aliphatic heterocycles. The van der Waals surface area contributed by atoms with Gasteiger partial charge in [0.15, 0.2) is 0 Å². The first-order chi connectivity index (χ1) is 7.36. The molecule has 16 heavy (non-hydrogen) atoms. The Morgan fingerprint density at radius 1 is 1.44 bits per heavy atom. The molecule has 0 aromatic carbocycles. The van der Waals surface area contributed by atoms with Gasteiger partial charge in [-0.1, -0.05) is 0 Å². The van der Waals surface area contributed by atoms with Crippen LogP contribution in [0.2, 0.25) is 0 Å². The normalized spacial score (nSPS) is 12.2. The topological polar surface area (TPSA) is 29.0 Å². The maximum Gasteiger partial charge on any atom is 0.452 e. The van der Waals surface area contributed by atoms with E-state index >= 15 is 0 Å². The van der Waals surface area contributed by atoms with Crippen molar-refractivity contribution in [3.05, 3.63) is 5.82 Å². The molecule has 0 atom stereocenters. The number of anilines is 1. The minimum atomic E-state index is -4.49. The third-order valence-electron chi connectivity index (χ3n) is 1.86. The summed E-state index contributed by atoms with van der Waals surface area (Å²) in [6.45, 7) is 4.17. The fraction of sp³-hybridized carbons (Fsp3) is 0.750. The standard InChI is InChI=1S/C8H11ClF3N3S/c1-5(2)15(4-3-9)7-13-6(14-16-7)8(10,11)12/h5H,3-4H2,1-2H3. The lowest BCUT2D eigenvalue weighted by Crippen LogP contribution is -2.32. The van der Waals surface area contributed by atoms with E-state index in [2.05, 4.69) is 9.36 Å². The third-order valence-corrected chi connectivity index (χ3v) is 2.79. The molecular formula is C8H11ClF3N3S. The summed E-state index contributed by atoms with van der Waals surface area (Å²) < 4.78 is 40.2. The van der Waals surface area contributed by atoms with Crippen LogP contribution in [0.3, 0.4) is 0 Å². The van der Waals surface area contributed by atoms with Crippen molar-refractivity contribution in [1.29, 1.82) is 0 Å². The predicted molar refractivity (Wildman–Crippen MR) is 58.1 cm³/mol. The van der Waals surface area contributed by atoms with Crippen LogP contribution in [0.15, 0.2) is 0 Å². The highest BCUT2D eigenvalue weighted by Gasteiger charge is 2.36. The molecule has 0 saturated heterocycles. The van der Waals surface area contributed by atoms with E-state index in [0.717, 1.165) is 11.5 Å². The molecule has 8 heteroatoms. The lowest BCUT2D eigenvalue weighted by Gasteiger charge is -2.24. The summed E-state index contributed by atoms with van der Waals surface area (Å²) in [7, 11) is 0. The Labute approximate surface area is 100 Å². The first-order valence-electron chi connectivity index (χ1n) is 4.59. The van der Waals surface area contributed by atoms with Gasteiger partial charge in [-0.25, -0.2) is 0 Å². The fourth-order valence-corrected chi connectivity index (χ4v) is 2.14. The number of hydrogen-bond acceptors (Lipinski definition) is 4. The van der Waals surface area contributed by atoms with Gasteiger partial charge in [-0.05, 0) is 13.8 Å². The molecule has 0 aliphatic carbocycles. The van der Waals surface area contributed by atoms with Crippen molar-refractivity contribution in [3.63, 3.8) is 0 Å². The van der Waals surface area contributed by atoms with Crippen LogP contribution in [0.5, 0.6) is 0 Å². The Hall–Kier alpha value is -0.560. The second-order valence-corrected chi connectivity index (χ2v) is 4.48. The van der Waals surface area contributed by atoms with Gasteiger partial charge in [-0.15, -0.1) is 11.6 Å². The van der Waals surface area contributed by atoms with Gasteiger partial charge in [-0.3, -0.25) is 0 Å². The van der Waals surface area contributed by atoms with E-state index in [1.54, 1.807) is 4.90 Å². The Morgan fingerprint density at radius 3 is 2.44 bits per heavy atom. The van der Waals surface area contributed by atoms with Crippen LogP contribution >= 0.6 is 23.1 Å². The SMILES string of the molecule is CC(C)N(CCCl)c1nc(C(F)(F)F)ns1. The number of nitrogens with zero attached hydrogens (tertiary/aromatic N) is 3. The highest BCUT2D eigenvalue weighted by atomic mass is 35.5. The molecule has 0 amide bonds. The Morgan fingerprint density at radius 2 is 2.06 bits per heavy atom. The van der Waals surface area contributed by atoms with Gasteiger partial charge in [0.25, 0.3) is 0 Å². The third kappa shape index (κ3) is 3.21. The van der Waals surface area contributed by atoms with Crippen LogP contribution in [0.4, 0.5) is 18.3 Å². The Kier molecular flexibility index (Phi) is 4.37. The molecule has 0 N–H and O–H groups in total. The zero-order valence-corrected chi connectivity index (χ0v) is 10.3. The summed E-state index contributed by atoms with van der Waals surface area (Å²) in [5.41, 5.74) is 0. The zero-order valence-electron chi connectivity index (χ0n) is 8.75. The van der Waals surface area contributed by atoms with Gasteiger partial charge in [-0.2, -0.15) is 22.5 Å². The van der Waals surface area contributed by atoms with Gasteiger partial charge in [0.2, 0.25) is 11.0 Å². The molecule has 0 radical (unpaired) electrons. The average molecular weight is 274 g/mol. The van der Waals surface area contributed by atoms with Crippen LogP contribution in [-0.4, -0.2) is 27.8 Å². The van der Waals surface area contributed by atoms with Gasteiger partial charge in [0.05, 0.1) is 0 Å². The monoisotopic (exact) mass is 273 g/mol. The second kappa shape index (κ2) is 5.18. The molecule has 0 fully saturated rings. The van der Waals surface area contributed by atoms with Crippen molar-refractivity contribution in [2.75, 3.05) is 17.3 Å². The number of alkyl halides is 4. The molecule has 1 rings (SSSR count). The van der Waals surface area contributed by atoms with Crippen LogP contribution in [0, 0.1) is 0 Å². The van der Waals surface area contributed by atoms with E-state index < -0.39 is 12.0 Å². The summed E-state index contributed by atoms with van der Waals surface area (Å²) in [5.74, 6) is -0.758. The number of halogens is 4. The molecule has 3 nitrogen and oxygen atoms in total. The quantitative estimate of drug-likeness (QED) is 0.790. The predicted octanol–water partition coefficient (Wildman–Crippen LogP) is 3.01. The van der Waals surface area contributed by atoms with Crippen LogP contribution in [0.25, 0.3) is 0 Å². The summed E-state index contributed by atoms with van der Waals surface area (Å²) in [6, 6.07) is 0.0350. The minimum absolute atomic E-state index is 0.0350. The first kappa shape index (κ1) is 13.5. The molecule has 0 unspecified atom stereocenters. The molecular weight excluding hydrogens is 263 g/mol. The minimum Gasteiger partial charge on any atom is -0.343 e. The van der Waals surface area contributed by atoms with E-state index in [9.17, 15) is 13.2 Å². The van der Waals surface area contributed by atoms with Crippen molar-refractivity contribution < 1.29 is 13.2 Å². The lowest BCUT2D eigenvalue weighted by molar-refractivity contribution is -0.144. The Balaban J connectivity index is 2.90. The van der Waals surface area contributed by atoms with E-state index in [1.807, 2.05) is 13.8 Å². The molecule has 0 bridgehead atoms. The molecule has 0 spiro atoms. The number of hydrogen-bond donors (Lipinski definition) is 0. The zero-order chi connectivity index (χ0) is 12.3. The van der Waals surface area contributed by atoms with E-state index in [-0.39, 0.29) is 11.2 Å². The molecule has 0 aliphatic rings. The first-order valence-corrected chi connectivity index (χ1v) is 5.90. The summed E-state index contributed by atoms with van der Waals surface area (Å²) in [6.07, 6.45) is -4.49. The highest BCUT2D eigenvalue weighted by Crippen LogP contribution is 2.30. The van der Waals surface area contributed by atoms with Crippen LogP contribution in [-0.2, 0) is 6.18 Å². The largest absolute Gasteiger partial charge is 0.452 e. The number of rotatable bonds is 4. The summed E-state index contributed by atoms with van der Waals surface area (Å²) in [4.78, 5) is 5.17.